The Labute approximate surface area is 153 Å². The molecule has 2 saturated heterocycles. The lowest BCUT2D eigenvalue weighted by molar-refractivity contribution is 0.00647. The summed E-state index contributed by atoms with van der Waals surface area (Å²) in [7, 11) is 0. The molecule has 0 aromatic carbocycles. The van der Waals surface area contributed by atoms with Crippen LogP contribution in [0.4, 0.5) is 0 Å². The summed E-state index contributed by atoms with van der Waals surface area (Å²) in [5.41, 5.74) is 1.31. The summed E-state index contributed by atoms with van der Waals surface area (Å²) in [6.07, 6.45) is 8.19. The van der Waals surface area contributed by atoms with Gasteiger partial charge in [-0.15, -0.1) is 0 Å². The number of aromatic nitrogens is 1. The van der Waals surface area contributed by atoms with Gasteiger partial charge >= 0.3 is 0 Å². The molecular weight excluding hydrogens is 332 g/mol. The molecule has 2 aromatic heterocycles. The molecule has 2 fully saturated rings. The number of hydrogen-bond acceptors (Lipinski definition) is 5. The van der Waals surface area contributed by atoms with Gasteiger partial charge in [0, 0.05) is 25.5 Å². The minimum absolute atomic E-state index is 0.0130. The fourth-order valence-electron chi connectivity index (χ4n) is 3.88. The quantitative estimate of drug-likeness (QED) is 0.824. The van der Waals surface area contributed by atoms with Gasteiger partial charge in [-0.2, -0.15) is 0 Å². The average molecular weight is 356 g/mol. The number of nitrogens with zero attached hydrogens (tertiary/aromatic N) is 2. The second-order valence-corrected chi connectivity index (χ2v) is 7.28. The summed E-state index contributed by atoms with van der Waals surface area (Å²) < 4.78 is 17.0. The highest BCUT2D eigenvalue weighted by Gasteiger charge is 2.43. The second kappa shape index (κ2) is 7.60. The summed E-state index contributed by atoms with van der Waals surface area (Å²) in [4.78, 5) is 18.3. The summed E-state index contributed by atoms with van der Waals surface area (Å²) in [6.45, 7) is 3.47. The van der Waals surface area contributed by atoms with Crippen LogP contribution in [0, 0.1) is 5.41 Å². The minimum atomic E-state index is -0.0130. The van der Waals surface area contributed by atoms with E-state index in [4.69, 9.17) is 13.9 Å². The Morgan fingerprint density at radius 3 is 2.81 bits per heavy atom. The van der Waals surface area contributed by atoms with Gasteiger partial charge in [-0.25, -0.2) is 0 Å². The Hall–Kier alpha value is -2.18. The third kappa shape index (κ3) is 3.81. The third-order valence-corrected chi connectivity index (χ3v) is 5.45. The zero-order chi connectivity index (χ0) is 17.8. The van der Waals surface area contributed by atoms with Crippen LogP contribution in [0.3, 0.4) is 0 Å². The number of piperidine rings is 1. The zero-order valence-electron chi connectivity index (χ0n) is 14.8. The van der Waals surface area contributed by atoms with Crippen molar-refractivity contribution in [2.24, 2.45) is 5.41 Å². The summed E-state index contributed by atoms with van der Waals surface area (Å²) in [5.74, 6) is 0.409. The number of hydrogen-bond donors (Lipinski definition) is 0. The molecule has 6 heteroatoms. The largest absolute Gasteiger partial charge is 0.459 e. The average Bonchev–Trinajstić information content (AvgIpc) is 3.34. The monoisotopic (exact) mass is 356 g/mol. The van der Waals surface area contributed by atoms with E-state index in [-0.39, 0.29) is 17.4 Å². The number of carbonyl (C=O) groups excluding carboxylic acids is 1. The smallest absolute Gasteiger partial charge is 0.289 e. The molecule has 1 spiro atoms. The maximum Gasteiger partial charge on any atom is 0.289 e. The zero-order valence-corrected chi connectivity index (χ0v) is 14.8. The predicted octanol–water partition coefficient (Wildman–Crippen LogP) is 2.90. The number of furan rings is 1. The van der Waals surface area contributed by atoms with Gasteiger partial charge in [0.1, 0.15) is 0 Å². The lowest BCUT2D eigenvalue weighted by Gasteiger charge is -2.38. The van der Waals surface area contributed by atoms with Crippen molar-refractivity contribution in [3.8, 4) is 0 Å². The second-order valence-electron chi connectivity index (χ2n) is 7.28. The lowest BCUT2D eigenvalue weighted by Crippen LogP contribution is -2.43. The normalized spacial score (nSPS) is 22.0. The summed E-state index contributed by atoms with van der Waals surface area (Å²) in [5, 5.41) is 0. The molecule has 1 unspecified atom stereocenters. The first-order valence-corrected chi connectivity index (χ1v) is 9.15. The van der Waals surface area contributed by atoms with Gasteiger partial charge < -0.3 is 18.8 Å². The van der Waals surface area contributed by atoms with E-state index in [9.17, 15) is 4.79 Å². The molecule has 6 nitrogen and oxygen atoms in total. The van der Waals surface area contributed by atoms with Gasteiger partial charge in [0.2, 0.25) is 0 Å². The van der Waals surface area contributed by atoms with Crippen molar-refractivity contribution >= 4 is 5.91 Å². The van der Waals surface area contributed by atoms with Crippen molar-refractivity contribution in [2.75, 3.05) is 26.3 Å². The lowest BCUT2D eigenvalue weighted by atomic mass is 9.76. The first kappa shape index (κ1) is 17.2. The van der Waals surface area contributed by atoms with E-state index in [0.717, 1.165) is 44.5 Å². The molecule has 2 aliphatic heterocycles. The van der Waals surface area contributed by atoms with Crippen molar-refractivity contribution in [1.29, 1.82) is 0 Å². The molecule has 2 aromatic rings. The van der Waals surface area contributed by atoms with Gasteiger partial charge in [-0.1, -0.05) is 0 Å². The van der Waals surface area contributed by atoms with Crippen LogP contribution in [0.15, 0.2) is 47.3 Å². The summed E-state index contributed by atoms with van der Waals surface area (Å²) >= 11 is 0. The molecule has 0 saturated carbocycles. The fraction of sp³-hybridized carbons (Fsp3) is 0.500. The van der Waals surface area contributed by atoms with Crippen LogP contribution in [0.5, 0.6) is 0 Å². The van der Waals surface area contributed by atoms with Crippen molar-refractivity contribution in [2.45, 2.75) is 32.0 Å². The fourth-order valence-corrected chi connectivity index (χ4v) is 3.88. The van der Waals surface area contributed by atoms with Crippen molar-refractivity contribution in [3.05, 3.63) is 54.2 Å². The Kier molecular flexibility index (Phi) is 5.04. The molecule has 1 amide bonds. The number of amides is 1. The molecule has 26 heavy (non-hydrogen) atoms. The molecule has 0 radical (unpaired) electrons. The molecule has 0 bridgehead atoms. The Morgan fingerprint density at radius 1 is 1.27 bits per heavy atom. The van der Waals surface area contributed by atoms with Crippen molar-refractivity contribution in [3.63, 3.8) is 0 Å². The molecule has 2 aliphatic rings. The number of pyridine rings is 1. The van der Waals surface area contributed by atoms with Crippen LogP contribution in [0.2, 0.25) is 0 Å². The van der Waals surface area contributed by atoms with Gasteiger partial charge in [-0.05, 0) is 54.5 Å². The van der Waals surface area contributed by atoms with E-state index >= 15 is 0 Å². The van der Waals surface area contributed by atoms with E-state index in [1.54, 1.807) is 30.8 Å². The van der Waals surface area contributed by atoms with Crippen LogP contribution in [-0.2, 0) is 16.1 Å². The Balaban J connectivity index is 1.23. The van der Waals surface area contributed by atoms with E-state index in [1.807, 2.05) is 17.0 Å². The molecule has 138 valence electrons. The van der Waals surface area contributed by atoms with E-state index in [0.29, 0.717) is 19.0 Å². The number of likely N-dealkylation sites (tertiary alicyclic amines) is 1. The Morgan fingerprint density at radius 2 is 2.08 bits per heavy atom. The highest BCUT2D eigenvalue weighted by atomic mass is 16.5. The number of carbonyl (C=O) groups is 1. The van der Waals surface area contributed by atoms with Crippen LogP contribution in [0.25, 0.3) is 0 Å². The maximum absolute atomic E-state index is 12.4. The first-order valence-electron chi connectivity index (χ1n) is 9.15. The van der Waals surface area contributed by atoms with Gasteiger partial charge in [-0.3, -0.25) is 9.78 Å². The Bertz CT molecular complexity index is 709. The molecule has 0 aliphatic carbocycles. The third-order valence-electron chi connectivity index (χ3n) is 5.45. The van der Waals surface area contributed by atoms with Crippen LogP contribution in [-0.4, -0.2) is 48.2 Å². The number of rotatable bonds is 5. The van der Waals surface area contributed by atoms with Gasteiger partial charge in [0.25, 0.3) is 5.91 Å². The maximum atomic E-state index is 12.4. The molecule has 4 rings (SSSR count). The summed E-state index contributed by atoms with van der Waals surface area (Å²) in [6, 6.07) is 7.40. The standard InChI is InChI=1S/C20H24N2O4/c23-19(18-2-1-11-25-18)22-9-5-20(6-10-22)12-17(26-15-20)14-24-13-16-3-7-21-8-4-16/h1-4,7-8,11,17H,5-6,9-10,12-15H2. The van der Waals surface area contributed by atoms with Gasteiger partial charge in [0.15, 0.2) is 5.76 Å². The van der Waals surface area contributed by atoms with Gasteiger partial charge in [0.05, 0.1) is 32.2 Å². The minimum Gasteiger partial charge on any atom is -0.459 e. The van der Waals surface area contributed by atoms with Crippen molar-refractivity contribution in [1.82, 2.24) is 9.88 Å². The predicted molar refractivity (Wildman–Crippen MR) is 94.5 cm³/mol. The molecule has 1 atom stereocenters. The van der Waals surface area contributed by atoms with Crippen LogP contribution < -0.4 is 0 Å². The van der Waals surface area contributed by atoms with Crippen LogP contribution in [0.1, 0.15) is 35.4 Å². The topological polar surface area (TPSA) is 64.8 Å². The van der Waals surface area contributed by atoms with E-state index < -0.39 is 0 Å². The molecule has 4 heterocycles. The highest BCUT2D eigenvalue weighted by Crippen LogP contribution is 2.42. The molecular formula is C20H24N2O4. The number of ether oxygens (including phenoxy) is 2. The molecule has 0 N–H and O–H groups in total. The highest BCUT2D eigenvalue weighted by molar-refractivity contribution is 5.91. The van der Waals surface area contributed by atoms with E-state index in [2.05, 4.69) is 4.98 Å². The van der Waals surface area contributed by atoms with E-state index in [1.165, 1.54) is 0 Å². The van der Waals surface area contributed by atoms with Crippen molar-refractivity contribution < 1.29 is 18.7 Å². The SMILES string of the molecule is O=C(c1ccco1)N1CCC2(CC1)COC(COCc1ccncc1)C2. The first-order chi connectivity index (χ1) is 12.7. The van der Waals surface area contributed by atoms with Crippen LogP contribution >= 0.6 is 0 Å².